The van der Waals surface area contributed by atoms with Gasteiger partial charge in [-0.15, -0.1) is 0 Å². The number of hydrogen-bond acceptors (Lipinski definition) is 7. The quantitative estimate of drug-likeness (QED) is 0.0286. The molecule has 0 bridgehead atoms. The van der Waals surface area contributed by atoms with Gasteiger partial charge in [0, 0.05) is 19.4 Å². The molecule has 0 saturated carbocycles. The Balaban J connectivity index is 4.12. The smallest absolute Gasteiger partial charge is 0.308 e. The summed E-state index contributed by atoms with van der Waals surface area (Å²) in [5.74, 6) is -0.323. The highest BCUT2D eigenvalue weighted by Gasteiger charge is 2.19. The standard InChI is InChI=1S/C41H75NO6/c1-5-7-9-11-13-21-27-35-46-39(43)32-25-19-15-17-23-30-38(41(45)48-37-29-34-42(3)4)31-24-18-16-20-26-33-40(44)47-36-28-22-14-12-10-8-6-2/h21-22,27-28,38H,5-20,23-26,29-37H2,1-4H3/b27-21-,28-22-. The van der Waals surface area contributed by atoms with E-state index in [1.807, 2.05) is 26.2 Å². The van der Waals surface area contributed by atoms with Crippen molar-refractivity contribution in [2.75, 3.05) is 40.5 Å². The summed E-state index contributed by atoms with van der Waals surface area (Å²) < 4.78 is 16.3. The normalized spacial score (nSPS) is 11.7. The molecule has 0 aromatic rings. The first-order valence-electron chi connectivity index (χ1n) is 19.8. The third-order valence-corrected chi connectivity index (χ3v) is 8.66. The van der Waals surface area contributed by atoms with E-state index in [1.54, 1.807) is 0 Å². The molecule has 0 rings (SSSR count). The SMILES string of the molecule is CCCCCC/C=C\COC(=O)CCCCCCCC(CCCCCCCC(=O)OC/C=C\CCCCCC)C(=O)OCCCN(C)C. The molecule has 0 aliphatic carbocycles. The van der Waals surface area contributed by atoms with Crippen LogP contribution >= 0.6 is 0 Å². The van der Waals surface area contributed by atoms with Gasteiger partial charge in [-0.05, 0) is 71.9 Å². The van der Waals surface area contributed by atoms with Crippen LogP contribution in [-0.2, 0) is 28.6 Å². The Hall–Kier alpha value is -2.15. The minimum Gasteiger partial charge on any atom is -0.465 e. The maximum Gasteiger partial charge on any atom is 0.308 e. The number of rotatable bonds is 35. The predicted octanol–water partition coefficient (Wildman–Crippen LogP) is 10.7. The molecule has 0 radical (unpaired) electrons. The van der Waals surface area contributed by atoms with Crippen LogP contribution in [0.2, 0.25) is 0 Å². The average Bonchev–Trinajstić information content (AvgIpc) is 3.07. The minimum atomic E-state index is -0.112. The molecule has 280 valence electrons. The number of esters is 3. The Bertz CT molecular complexity index is 757. The summed E-state index contributed by atoms with van der Waals surface area (Å²) >= 11 is 0. The summed E-state index contributed by atoms with van der Waals surface area (Å²) in [6.45, 7) is 6.57. The zero-order valence-electron chi connectivity index (χ0n) is 31.8. The van der Waals surface area contributed by atoms with Crippen LogP contribution in [0.1, 0.15) is 174 Å². The van der Waals surface area contributed by atoms with Crippen LogP contribution in [-0.4, -0.2) is 63.3 Å². The second kappa shape index (κ2) is 36.1. The van der Waals surface area contributed by atoms with E-state index in [0.717, 1.165) is 103 Å². The Kier molecular flexibility index (Phi) is 34.5. The molecule has 0 aromatic carbocycles. The van der Waals surface area contributed by atoms with E-state index in [9.17, 15) is 14.4 Å². The fraction of sp³-hybridized carbons (Fsp3) is 0.829. The molecule has 7 heteroatoms. The molecule has 48 heavy (non-hydrogen) atoms. The highest BCUT2D eigenvalue weighted by atomic mass is 16.5. The van der Waals surface area contributed by atoms with Crippen LogP contribution in [0.5, 0.6) is 0 Å². The van der Waals surface area contributed by atoms with Crippen molar-refractivity contribution >= 4 is 17.9 Å². The molecule has 0 aromatic heterocycles. The second-order valence-electron chi connectivity index (χ2n) is 13.6. The molecule has 0 spiro atoms. The van der Waals surface area contributed by atoms with Gasteiger partial charge >= 0.3 is 17.9 Å². The van der Waals surface area contributed by atoms with Crippen LogP contribution < -0.4 is 0 Å². The summed E-state index contributed by atoms with van der Waals surface area (Å²) in [7, 11) is 4.06. The van der Waals surface area contributed by atoms with Crippen molar-refractivity contribution in [1.29, 1.82) is 0 Å². The summed E-state index contributed by atoms with van der Waals surface area (Å²) in [6.07, 6.45) is 33.8. The molecule has 0 amide bonds. The predicted molar refractivity (Wildman–Crippen MR) is 200 cm³/mol. The van der Waals surface area contributed by atoms with Crippen molar-refractivity contribution in [2.45, 2.75) is 174 Å². The van der Waals surface area contributed by atoms with E-state index in [1.165, 1.54) is 51.4 Å². The molecular weight excluding hydrogens is 602 g/mol. The Morgan fingerprint density at radius 1 is 0.521 bits per heavy atom. The van der Waals surface area contributed by atoms with E-state index in [-0.39, 0.29) is 23.8 Å². The van der Waals surface area contributed by atoms with Gasteiger partial charge in [-0.1, -0.05) is 128 Å². The van der Waals surface area contributed by atoms with Crippen LogP contribution in [0.3, 0.4) is 0 Å². The van der Waals surface area contributed by atoms with Crippen LogP contribution in [0, 0.1) is 5.92 Å². The van der Waals surface area contributed by atoms with E-state index in [2.05, 4.69) is 30.9 Å². The molecule has 0 saturated heterocycles. The van der Waals surface area contributed by atoms with Gasteiger partial charge in [0.15, 0.2) is 0 Å². The maximum absolute atomic E-state index is 12.9. The molecule has 0 aliphatic rings. The lowest BCUT2D eigenvalue weighted by molar-refractivity contribution is -0.149. The van der Waals surface area contributed by atoms with Gasteiger partial charge < -0.3 is 19.1 Å². The van der Waals surface area contributed by atoms with Crippen LogP contribution in [0.15, 0.2) is 24.3 Å². The zero-order valence-corrected chi connectivity index (χ0v) is 31.8. The van der Waals surface area contributed by atoms with Gasteiger partial charge in [-0.25, -0.2) is 0 Å². The van der Waals surface area contributed by atoms with E-state index >= 15 is 0 Å². The van der Waals surface area contributed by atoms with Gasteiger partial charge in [0.25, 0.3) is 0 Å². The zero-order chi connectivity index (χ0) is 35.3. The van der Waals surface area contributed by atoms with Crippen molar-refractivity contribution in [1.82, 2.24) is 4.90 Å². The maximum atomic E-state index is 12.9. The molecule has 0 unspecified atom stereocenters. The molecule has 0 heterocycles. The van der Waals surface area contributed by atoms with Crippen molar-refractivity contribution in [3.8, 4) is 0 Å². The molecule has 0 aliphatic heterocycles. The van der Waals surface area contributed by atoms with Crippen molar-refractivity contribution < 1.29 is 28.6 Å². The van der Waals surface area contributed by atoms with Crippen LogP contribution in [0.4, 0.5) is 0 Å². The van der Waals surface area contributed by atoms with E-state index in [4.69, 9.17) is 14.2 Å². The van der Waals surface area contributed by atoms with Crippen molar-refractivity contribution in [3.05, 3.63) is 24.3 Å². The van der Waals surface area contributed by atoms with E-state index < -0.39 is 0 Å². The number of hydrogen-bond donors (Lipinski definition) is 0. The molecule has 7 nitrogen and oxygen atoms in total. The Morgan fingerprint density at radius 2 is 0.958 bits per heavy atom. The fourth-order valence-electron chi connectivity index (χ4n) is 5.61. The molecular formula is C41H75NO6. The number of ether oxygens (including phenoxy) is 3. The lowest BCUT2D eigenvalue weighted by Crippen LogP contribution is -2.21. The minimum absolute atomic E-state index is 0.0475. The van der Waals surface area contributed by atoms with E-state index in [0.29, 0.717) is 32.7 Å². The highest BCUT2D eigenvalue weighted by molar-refractivity contribution is 5.72. The summed E-state index contributed by atoms with van der Waals surface area (Å²) in [5, 5.41) is 0. The van der Waals surface area contributed by atoms with Crippen molar-refractivity contribution in [2.24, 2.45) is 5.92 Å². The Labute approximate surface area is 296 Å². The lowest BCUT2D eigenvalue weighted by atomic mass is 9.94. The van der Waals surface area contributed by atoms with Gasteiger partial charge in [0.05, 0.1) is 12.5 Å². The summed E-state index contributed by atoms with van der Waals surface area (Å²) in [6, 6.07) is 0. The molecule has 0 N–H and O–H groups in total. The Morgan fingerprint density at radius 3 is 1.42 bits per heavy atom. The van der Waals surface area contributed by atoms with Gasteiger partial charge in [0.2, 0.25) is 0 Å². The number of unbranched alkanes of at least 4 members (excludes halogenated alkanes) is 16. The number of nitrogens with zero attached hydrogens (tertiary/aromatic N) is 1. The number of carbonyl (C=O) groups excluding carboxylic acids is 3. The largest absolute Gasteiger partial charge is 0.465 e. The first-order valence-corrected chi connectivity index (χ1v) is 19.8. The number of allylic oxidation sites excluding steroid dienone is 2. The first-order chi connectivity index (χ1) is 23.4. The lowest BCUT2D eigenvalue weighted by Gasteiger charge is -2.17. The van der Waals surface area contributed by atoms with Gasteiger partial charge in [0.1, 0.15) is 13.2 Å². The van der Waals surface area contributed by atoms with Gasteiger partial charge in [-0.3, -0.25) is 14.4 Å². The van der Waals surface area contributed by atoms with Gasteiger partial charge in [-0.2, -0.15) is 0 Å². The monoisotopic (exact) mass is 678 g/mol. The third kappa shape index (κ3) is 33.7. The average molecular weight is 678 g/mol. The second-order valence-corrected chi connectivity index (χ2v) is 13.6. The number of carbonyl (C=O) groups is 3. The summed E-state index contributed by atoms with van der Waals surface area (Å²) in [5.41, 5.74) is 0. The summed E-state index contributed by atoms with van der Waals surface area (Å²) in [4.78, 5) is 39.0. The third-order valence-electron chi connectivity index (χ3n) is 8.66. The van der Waals surface area contributed by atoms with Crippen molar-refractivity contribution in [3.63, 3.8) is 0 Å². The topological polar surface area (TPSA) is 82.1 Å². The fourth-order valence-corrected chi connectivity index (χ4v) is 5.61. The first kappa shape index (κ1) is 45.9. The highest BCUT2D eigenvalue weighted by Crippen LogP contribution is 2.21. The molecule has 0 fully saturated rings. The molecule has 0 atom stereocenters. The van der Waals surface area contributed by atoms with Crippen LogP contribution in [0.25, 0.3) is 0 Å².